The molecule has 2 N–H and O–H groups in total. The summed E-state index contributed by atoms with van der Waals surface area (Å²) in [7, 11) is 0. The fourth-order valence-corrected chi connectivity index (χ4v) is 2.67. The molecule has 2 aromatic carbocycles. The number of carbonyl (C=O) groups excluding carboxylic acids is 2. The Morgan fingerprint density at radius 3 is 2.76 bits per heavy atom. The largest absolute Gasteiger partial charge is 0.354 e. The van der Waals surface area contributed by atoms with Crippen LogP contribution in [0.1, 0.15) is 18.4 Å². The van der Waals surface area contributed by atoms with E-state index in [4.69, 9.17) is 0 Å². The zero-order valence-electron chi connectivity index (χ0n) is 11.8. The molecule has 1 aliphatic rings. The molecule has 108 valence electrons. The van der Waals surface area contributed by atoms with Gasteiger partial charge in [-0.15, -0.1) is 0 Å². The van der Waals surface area contributed by atoms with Crippen LogP contribution < -0.4 is 10.6 Å². The molecule has 4 heteroatoms. The molecule has 1 unspecified atom stereocenters. The SMILES string of the molecule is O=C1CCC(NC(=O)Cc2ccc3ccccc3c2)CN1. The summed E-state index contributed by atoms with van der Waals surface area (Å²) in [4.78, 5) is 23.2. The Labute approximate surface area is 123 Å². The summed E-state index contributed by atoms with van der Waals surface area (Å²) in [5, 5.41) is 8.08. The van der Waals surface area contributed by atoms with Crippen LogP contribution in [0.2, 0.25) is 0 Å². The number of benzene rings is 2. The predicted molar refractivity (Wildman–Crippen MR) is 81.8 cm³/mol. The standard InChI is InChI=1S/C17H18N2O2/c20-16-8-7-15(11-18-16)19-17(21)10-12-5-6-13-3-1-2-4-14(13)9-12/h1-6,9,15H,7-8,10-11H2,(H,18,20)(H,19,21). The first-order valence-electron chi connectivity index (χ1n) is 7.24. The number of hydrogen-bond acceptors (Lipinski definition) is 2. The molecule has 0 spiro atoms. The molecule has 0 bridgehead atoms. The van der Waals surface area contributed by atoms with E-state index in [0.29, 0.717) is 19.4 Å². The first-order valence-corrected chi connectivity index (χ1v) is 7.24. The Morgan fingerprint density at radius 2 is 2.00 bits per heavy atom. The molecule has 0 aliphatic carbocycles. The van der Waals surface area contributed by atoms with Crippen LogP contribution in [0, 0.1) is 0 Å². The van der Waals surface area contributed by atoms with Crippen molar-refractivity contribution in [2.75, 3.05) is 6.54 Å². The van der Waals surface area contributed by atoms with Gasteiger partial charge in [0.15, 0.2) is 0 Å². The van der Waals surface area contributed by atoms with E-state index in [2.05, 4.69) is 22.8 Å². The number of amides is 2. The van der Waals surface area contributed by atoms with Gasteiger partial charge in [0.05, 0.1) is 6.42 Å². The minimum Gasteiger partial charge on any atom is -0.354 e. The van der Waals surface area contributed by atoms with Crippen molar-refractivity contribution >= 4 is 22.6 Å². The molecular formula is C17H18N2O2. The zero-order valence-corrected chi connectivity index (χ0v) is 11.8. The Bertz CT molecular complexity index is 671. The molecule has 1 heterocycles. The molecular weight excluding hydrogens is 264 g/mol. The lowest BCUT2D eigenvalue weighted by molar-refractivity contribution is -0.125. The van der Waals surface area contributed by atoms with Gasteiger partial charge in [-0.1, -0.05) is 42.5 Å². The molecule has 2 amide bonds. The number of nitrogens with one attached hydrogen (secondary N) is 2. The number of carbonyl (C=O) groups is 2. The lowest BCUT2D eigenvalue weighted by Crippen LogP contribution is -2.48. The van der Waals surface area contributed by atoms with Crippen LogP contribution in [0.25, 0.3) is 10.8 Å². The van der Waals surface area contributed by atoms with Gasteiger partial charge < -0.3 is 10.6 Å². The van der Waals surface area contributed by atoms with Crippen LogP contribution >= 0.6 is 0 Å². The monoisotopic (exact) mass is 282 g/mol. The number of rotatable bonds is 3. The van der Waals surface area contributed by atoms with Crippen molar-refractivity contribution in [2.24, 2.45) is 0 Å². The number of fused-ring (bicyclic) bond motifs is 1. The quantitative estimate of drug-likeness (QED) is 0.901. The molecule has 0 aromatic heterocycles. The van der Waals surface area contributed by atoms with E-state index < -0.39 is 0 Å². The van der Waals surface area contributed by atoms with Crippen molar-refractivity contribution in [1.82, 2.24) is 10.6 Å². The van der Waals surface area contributed by atoms with E-state index >= 15 is 0 Å². The lowest BCUT2D eigenvalue weighted by Gasteiger charge is -2.23. The van der Waals surface area contributed by atoms with Crippen LogP contribution in [0.5, 0.6) is 0 Å². The molecule has 0 radical (unpaired) electrons. The molecule has 3 rings (SSSR count). The van der Waals surface area contributed by atoms with Crippen LogP contribution in [0.4, 0.5) is 0 Å². The van der Waals surface area contributed by atoms with E-state index in [1.807, 2.05) is 30.3 Å². The van der Waals surface area contributed by atoms with E-state index in [-0.39, 0.29) is 17.9 Å². The van der Waals surface area contributed by atoms with E-state index in [9.17, 15) is 9.59 Å². The first-order chi connectivity index (χ1) is 10.2. The van der Waals surface area contributed by atoms with Gasteiger partial charge in [-0.2, -0.15) is 0 Å². The van der Waals surface area contributed by atoms with Crippen molar-refractivity contribution in [2.45, 2.75) is 25.3 Å². The fourth-order valence-electron chi connectivity index (χ4n) is 2.67. The molecule has 4 nitrogen and oxygen atoms in total. The molecule has 2 aromatic rings. The van der Waals surface area contributed by atoms with Crippen molar-refractivity contribution in [3.63, 3.8) is 0 Å². The highest BCUT2D eigenvalue weighted by atomic mass is 16.2. The average molecular weight is 282 g/mol. The van der Waals surface area contributed by atoms with Crippen LogP contribution in [-0.4, -0.2) is 24.4 Å². The summed E-state index contributed by atoms with van der Waals surface area (Å²) in [5.41, 5.74) is 1.01. The average Bonchev–Trinajstić information content (AvgIpc) is 2.49. The molecule has 1 fully saturated rings. The summed E-state index contributed by atoms with van der Waals surface area (Å²) in [5.74, 6) is 0.0708. The second kappa shape index (κ2) is 5.95. The summed E-state index contributed by atoms with van der Waals surface area (Å²) in [6, 6.07) is 14.2. The van der Waals surface area contributed by atoms with Gasteiger partial charge in [-0.05, 0) is 22.8 Å². The normalized spacial score (nSPS) is 18.3. The molecule has 0 saturated carbocycles. The van der Waals surface area contributed by atoms with Crippen molar-refractivity contribution < 1.29 is 9.59 Å². The highest BCUT2D eigenvalue weighted by molar-refractivity contribution is 5.85. The first kappa shape index (κ1) is 13.6. The summed E-state index contributed by atoms with van der Waals surface area (Å²) >= 11 is 0. The third kappa shape index (κ3) is 3.40. The molecule has 1 atom stereocenters. The highest BCUT2D eigenvalue weighted by Gasteiger charge is 2.19. The Balaban J connectivity index is 1.62. The third-order valence-corrected chi connectivity index (χ3v) is 3.81. The maximum absolute atomic E-state index is 12.1. The Kier molecular flexibility index (Phi) is 3.86. The number of hydrogen-bond donors (Lipinski definition) is 2. The van der Waals surface area contributed by atoms with Gasteiger partial charge >= 0.3 is 0 Å². The summed E-state index contributed by atoms with van der Waals surface area (Å²) in [6.07, 6.45) is 1.57. The highest BCUT2D eigenvalue weighted by Crippen LogP contribution is 2.16. The van der Waals surface area contributed by atoms with Crippen LogP contribution in [0.3, 0.4) is 0 Å². The van der Waals surface area contributed by atoms with E-state index in [1.165, 1.54) is 5.39 Å². The third-order valence-electron chi connectivity index (χ3n) is 3.81. The van der Waals surface area contributed by atoms with Crippen molar-refractivity contribution in [3.8, 4) is 0 Å². The minimum atomic E-state index is 0.00595. The van der Waals surface area contributed by atoms with E-state index in [0.717, 1.165) is 17.4 Å². The topological polar surface area (TPSA) is 58.2 Å². The summed E-state index contributed by atoms with van der Waals surface area (Å²) in [6.45, 7) is 0.530. The van der Waals surface area contributed by atoms with Gasteiger partial charge in [0.25, 0.3) is 0 Å². The minimum absolute atomic E-state index is 0.00595. The van der Waals surface area contributed by atoms with Gasteiger partial charge in [0.1, 0.15) is 0 Å². The lowest BCUT2D eigenvalue weighted by atomic mass is 10.0. The van der Waals surface area contributed by atoms with Gasteiger partial charge in [0, 0.05) is 19.0 Å². The zero-order chi connectivity index (χ0) is 14.7. The van der Waals surface area contributed by atoms with Crippen LogP contribution in [-0.2, 0) is 16.0 Å². The van der Waals surface area contributed by atoms with Crippen molar-refractivity contribution in [1.29, 1.82) is 0 Å². The fraction of sp³-hybridized carbons (Fsp3) is 0.294. The predicted octanol–water partition coefficient (Wildman–Crippen LogP) is 1.78. The van der Waals surface area contributed by atoms with Crippen LogP contribution in [0.15, 0.2) is 42.5 Å². The maximum atomic E-state index is 12.1. The van der Waals surface area contributed by atoms with Gasteiger partial charge in [-0.25, -0.2) is 0 Å². The van der Waals surface area contributed by atoms with E-state index in [1.54, 1.807) is 0 Å². The Hall–Kier alpha value is -2.36. The molecule has 1 saturated heterocycles. The van der Waals surface area contributed by atoms with Crippen molar-refractivity contribution in [3.05, 3.63) is 48.0 Å². The molecule has 21 heavy (non-hydrogen) atoms. The smallest absolute Gasteiger partial charge is 0.224 e. The second-order valence-electron chi connectivity index (χ2n) is 5.47. The van der Waals surface area contributed by atoms with Gasteiger partial charge in [-0.3, -0.25) is 9.59 Å². The maximum Gasteiger partial charge on any atom is 0.224 e. The Morgan fingerprint density at radius 1 is 1.19 bits per heavy atom. The molecule has 1 aliphatic heterocycles. The second-order valence-corrected chi connectivity index (χ2v) is 5.47. The summed E-state index contributed by atoms with van der Waals surface area (Å²) < 4.78 is 0. The van der Waals surface area contributed by atoms with Gasteiger partial charge in [0.2, 0.25) is 11.8 Å². The number of piperidine rings is 1.